The van der Waals surface area contributed by atoms with Crippen LogP contribution in [0.25, 0.3) is 0 Å². The van der Waals surface area contributed by atoms with Crippen LogP contribution in [0.5, 0.6) is 0 Å². The van der Waals surface area contributed by atoms with Gasteiger partial charge in [-0.05, 0) is 30.4 Å². The summed E-state index contributed by atoms with van der Waals surface area (Å²) in [7, 11) is 0. The molecule has 0 aromatic heterocycles. The summed E-state index contributed by atoms with van der Waals surface area (Å²) in [5.41, 5.74) is 1.21. The second-order valence-electron chi connectivity index (χ2n) is 4.81. The summed E-state index contributed by atoms with van der Waals surface area (Å²) in [6.07, 6.45) is 0.268. The number of benzene rings is 1. The molecule has 96 valence electrons. The van der Waals surface area contributed by atoms with Crippen molar-refractivity contribution in [1.82, 2.24) is 0 Å². The van der Waals surface area contributed by atoms with Gasteiger partial charge in [-0.3, -0.25) is 0 Å². The van der Waals surface area contributed by atoms with Crippen LogP contribution in [0.1, 0.15) is 36.5 Å². The van der Waals surface area contributed by atoms with Gasteiger partial charge in [0.05, 0.1) is 17.6 Å². The van der Waals surface area contributed by atoms with Crippen LogP contribution in [0.15, 0.2) is 24.3 Å². The zero-order chi connectivity index (χ0) is 13.2. The standard InChI is InChI=1S/C14H16ClNO2/c15-7-4-12(17)13(18)10-2-1-3-11(8-10)14(9-16)5-6-14/h1-3,8,12-13,17-18H,4-7H2. The third kappa shape index (κ3) is 2.51. The highest BCUT2D eigenvalue weighted by atomic mass is 35.5. The summed E-state index contributed by atoms with van der Waals surface area (Å²) in [6, 6.07) is 9.63. The van der Waals surface area contributed by atoms with Gasteiger partial charge in [0.25, 0.3) is 0 Å². The number of nitriles is 1. The lowest BCUT2D eigenvalue weighted by atomic mass is 9.93. The van der Waals surface area contributed by atoms with Gasteiger partial charge in [0.1, 0.15) is 6.10 Å². The molecule has 18 heavy (non-hydrogen) atoms. The Labute approximate surface area is 112 Å². The predicted octanol–water partition coefficient (Wildman–Crippen LogP) is 2.26. The molecule has 3 nitrogen and oxygen atoms in total. The number of nitrogens with zero attached hydrogens (tertiary/aromatic N) is 1. The number of alkyl halides is 1. The monoisotopic (exact) mass is 265 g/mol. The van der Waals surface area contributed by atoms with E-state index in [0.29, 0.717) is 17.9 Å². The molecule has 2 rings (SSSR count). The van der Waals surface area contributed by atoms with Crippen LogP contribution < -0.4 is 0 Å². The van der Waals surface area contributed by atoms with Gasteiger partial charge in [-0.25, -0.2) is 0 Å². The Morgan fingerprint density at radius 1 is 1.39 bits per heavy atom. The van der Waals surface area contributed by atoms with E-state index in [1.807, 2.05) is 18.2 Å². The number of hydrogen-bond donors (Lipinski definition) is 2. The molecule has 0 saturated heterocycles. The van der Waals surface area contributed by atoms with E-state index in [9.17, 15) is 10.2 Å². The molecule has 1 aliphatic rings. The highest BCUT2D eigenvalue weighted by molar-refractivity contribution is 6.17. The van der Waals surface area contributed by atoms with Gasteiger partial charge >= 0.3 is 0 Å². The molecular weight excluding hydrogens is 250 g/mol. The normalized spacial score (nSPS) is 19.9. The summed E-state index contributed by atoms with van der Waals surface area (Å²) in [4.78, 5) is 0. The molecule has 1 aromatic rings. The Balaban J connectivity index is 2.20. The molecule has 2 atom stereocenters. The third-order valence-corrected chi connectivity index (χ3v) is 3.73. The Bertz CT molecular complexity index is 465. The molecule has 2 N–H and O–H groups in total. The zero-order valence-electron chi connectivity index (χ0n) is 10.0. The Morgan fingerprint density at radius 2 is 2.11 bits per heavy atom. The van der Waals surface area contributed by atoms with Gasteiger partial charge in [0.2, 0.25) is 0 Å². The lowest BCUT2D eigenvalue weighted by molar-refractivity contribution is 0.0169. The molecule has 1 fully saturated rings. The Kier molecular flexibility index (Phi) is 3.91. The first-order valence-electron chi connectivity index (χ1n) is 6.07. The average Bonchev–Trinajstić information content (AvgIpc) is 3.19. The van der Waals surface area contributed by atoms with Crippen LogP contribution >= 0.6 is 11.6 Å². The quantitative estimate of drug-likeness (QED) is 0.803. The van der Waals surface area contributed by atoms with Crippen LogP contribution in [-0.4, -0.2) is 22.2 Å². The molecule has 0 heterocycles. The fraction of sp³-hybridized carbons (Fsp3) is 0.500. The van der Waals surface area contributed by atoms with Gasteiger partial charge in [-0.2, -0.15) is 5.26 Å². The van der Waals surface area contributed by atoms with Gasteiger partial charge in [0.15, 0.2) is 0 Å². The molecule has 2 unspecified atom stereocenters. The highest BCUT2D eigenvalue weighted by Crippen LogP contribution is 2.47. The minimum absolute atomic E-state index is 0.306. The van der Waals surface area contributed by atoms with E-state index >= 15 is 0 Å². The van der Waals surface area contributed by atoms with Crippen molar-refractivity contribution < 1.29 is 10.2 Å². The number of halogens is 1. The van der Waals surface area contributed by atoms with Crippen LogP contribution in [0.4, 0.5) is 0 Å². The highest BCUT2D eigenvalue weighted by Gasteiger charge is 2.45. The van der Waals surface area contributed by atoms with Gasteiger partial charge in [0, 0.05) is 5.88 Å². The second kappa shape index (κ2) is 5.27. The first-order chi connectivity index (χ1) is 8.63. The maximum atomic E-state index is 10.0. The van der Waals surface area contributed by atoms with E-state index < -0.39 is 12.2 Å². The molecule has 4 heteroatoms. The zero-order valence-corrected chi connectivity index (χ0v) is 10.8. The lowest BCUT2D eigenvalue weighted by Gasteiger charge is -2.18. The van der Waals surface area contributed by atoms with Crippen molar-refractivity contribution in [3.63, 3.8) is 0 Å². The fourth-order valence-electron chi connectivity index (χ4n) is 2.10. The van der Waals surface area contributed by atoms with E-state index in [1.54, 1.807) is 6.07 Å². The van der Waals surface area contributed by atoms with E-state index in [0.717, 1.165) is 18.4 Å². The maximum Gasteiger partial charge on any atom is 0.105 e. The van der Waals surface area contributed by atoms with Crippen LogP contribution in [0.2, 0.25) is 0 Å². The largest absolute Gasteiger partial charge is 0.390 e. The Hall–Kier alpha value is -1.08. The second-order valence-corrected chi connectivity index (χ2v) is 5.19. The molecule has 1 saturated carbocycles. The van der Waals surface area contributed by atoms with Crippen molar-refractivity contribution >= 4 is 11.6 Å². The van der Waals surface area contributed by atoms with Crippen molar-refractivity contribution in [2.45, 2.75) is 36.9 Å². The summed E-state index contributed by atoms with van der Waals surface area (Å²) in [6.45, 7) is 0. The number of hydrogen-bond acceptors (Lipinski definition) is 3. The third-order valence-electron chi connectivity index (χ3n) is 3.51. The van der Waals surface area contributed by atoms with E-state index in [2.05, 4.69) is 6.07 Å². The molecule has 1 aromatic carbocycles. The first kappa shape index (κ1) is 13.4. The first-order valence-corrected chi connectivity index (χ1v) is 6.60. The predicted molar refractivity (Wildman–Crippen MR) is 69.3 cm³/mol. The smallest absolute Gasteiger partial charge is 0.105 e. The molecule has 0 radical (unpaired) electrons. The topological polar surface area (TPSA) is 64.2 Å². The van der Waals surface area contributed by atoms with Crippen molar-refractivity contribution in [1.29, 1.82) is 5.26 Å². The number of aliphatic hydroxyl groups is 2. The SMILES string of the molecule is N#CC1(c2cccc(C(O)C(O)CCCl)c2)CC1. The van der Waals surface area contributed by atoms with Crippen molar-refractivity contribution in [2.24, 2.45) is 0 Å². The summed E-state index contributed by atoms with van der Waals surface area (Å²) >= 11 is 5.55. The molecule has 0 spiro atoms. The minimum Gasteiger partial charge on any atom is -0.390 e. The van der Waals surface area contributed by atoms with E-state index in [-0.39, 0.29) is 5.41 Å². The molecule has 0 amide bonds. The average molecular weight is 266 g/mol. The summed E-state index contributed by atoms with van der Waals surface area (Å²) < 4.78 is 0. The molecule has 0 bridgehead atoms. The summed E-state index contributed by atoms with van der Waals surface area (Å²) in [5, 5.41) is 28.9. The molecule has 1 aliphatic carbocycles. The van der Waals surface area contributed by atoms with Crippen LogP contribution in [-0.2, 0) is 5.41 Å². The fourth-order valence-corrected chi connectivity index (χ4v) is 2.33. The molecule has 0 aliphatic heterocycles. The van der Waals surface area contributed by atoms with Crippen LogP contribution in [0, 0.1) is 11.3 Å². The van der Waals surface area contributed by atoms with Gasteiger partial charge < -0.3 is 10.2 Å². The van der Waals surface area contributed by atoms with Crippen LogP contribution in [0.3, 0.4) is 0 Å². The van der Waals surface area contributed by atoms with Crippen molar-refractivity contribution in [2.75, 3.05) is 5.88 Å². The molecular formula is C14H16ClNO2. The number of aliphatic hydroxyl groups excluding tert-OH is 2. The van der Waals surface area contributed by atoms with Gasteiger partial charge in [-0.1, -0.05) is 24.3 Å². The Morgan fingerprint density at radius 3 is 2.67 bits per heavy atom. The lowest BCUT2D eigenvalue weighted by Crippen LogP contribution is -2.19. The van der Waals surface area contributed by atoms with E-state index in [1.165, 1.54) is 0 Å². The minimum atomic E-state index is -0.946. The number of rotatable bonds is 5. The summed E-state index contributed by atoms with van der Waals surface area (Å²) in [5.74, 6) is 0.306. The van der Waals surface area contributed by atoms with Crippen molar-refractivity contribution in [3.8, 4) is 6.07 Å². The van der Waals surface area contributed by atoms with Gasteiger partial charge in [-0.15, -0.1) is 11.6 Å². The maximum absolute atomic E-state index is 10.0. The van der Waals surface area contributed by atoms with Crippen molar-refractivity contribution in [3.05, 3.63) is 35.4 Å². The van der Waals surface area contributed by atoms with E-state index in [4.69, 9.17) is 16.9 Å².